The summed E-state index contributed by atoms with van der Waals surface area (Å²) in [4.78, 5) is 14.3. The topological polar surface area (TPSA) is 45.5 Å². The van der Waals surface area contributed by atoms with Gasteiger partial charge in [0.05, 0.1) is 4.47 Å². The third-order valence-corrected chi connectivity index (χ3v) is 4.19. The Labute approximate surface area is 116 Å². The Morgan fingerprint density at radius 1 is 1.67 bits per heavy atom. The maximum Gasteiger partial charge on any atom is 0.289 e. The number of hydrogen-bond donors (Lipinski definition) is 1. The summed E-state index contributed by atoms with van der Waals surface area (Å²) in [5.41, 5.74) is 0. The van der Waals surface area contributed by atoms with Crippen LogP contribution in [0.4, 0.5) is 0 Å². The zero-order valence-electron chi connectivity index (χ0n) is 10.8. The molecule has 1 unspecified atom stereocenters. The van der Waals surface area contributed by atoms with E-state index in [2.05, 4.69) is 28.2 Å². The predicted octanol–water partition coefficient (Wildman–Crippen LogP) is 2.42. The lowest BCUT2D eigenvalue weighted by Crippen LogP contribution is -2.35. The molecule has 1 aromatic heterocycles. The maximum absolute atomic E-state index is 12.4. The van der Waals surface area contributed by atoms with Gasteiger partial charge in [-0.3, -0.25) is 4.79 Å². The number of aryl methyl sites for hydroxylation is 1. The second kappa shape index (κ2) is 5.89. The molecule has 1 aliphatic heterocycles. The summed E-state index contributed by atoms with van der Waals surface area (Å²) in [6, 6.07) is 1.76. The van der Waals surface area contributed by atoms with E-state index in [1.807, 2.05) is 11.8 Å². The molecule has 2 heterocycles. The average molecular weight is 315 g/mol. The minimum atomic E-state index is -0.00838. The third kappa shape index (κ3) is 2.95. The highest BCUT2D eigenvalue weighted by Gasteiger charge is 2.24. The highest BCUT2D eigenvalue weighted by atomic mass is 79.9. The Bertz CT molecular complexity index is 411. The van der Waals surface area contributed by atoms with Gasteiger partial charge in [0, 0.05) is 25.7 Å². The van der Waals surface area contributed by atoms with E-state index >= 15 is 0 Å². The average Bonchev–Trinajstić information content (AvgIpc) is 2.58. The first-order valence-corrected chi connectivity index (χ1v) is 7.17. The molecule has 18 heavy (non-hydrogen) atoms. The molecule has 1 fully saturated rings. The van der Waals surface area contributed by atoms with E-state index in [1.54, 1.807) is 6.07 Å². The summed E-state index contributed by atoms with van der Waals surface area (Å²) in [5.74, 6) is 1.69. The number of nitrogens with one attached hydrogen (secondary N) is 1. The lowest BCUT2D eigenvalue weighted by atomic mass is 10.1. The summed E-state index contributed by atoms with van der Waals surface area (Å²) in [5, 5.41) is 3.37. The normalized spacial score (nSPS) is 20.8. The molecule has 0 bridgehead atoms. The van der Waals surface area contributed by atoms with Gasteiger partial charge in [-0.2, -0.15) is 0 Å². The van der Waals surface area contributed by atoms with Gasteiger partial charge in [-0.1, -0.05) is 13.3 Å². The van der Waals surface area contributed by atoms with Crippen LogP contribution in [0.1, 0.15) is 29.7 Å². The van der Waals surface area contributed by atoms with Gasteiger partial charge in [0.1, 0.15) is 5.76 Å². The van der Waals surface area contributed by atoms with Gasteiger partial charge < -0.3 is 14.6 Å². The van der Waals surface area contributed by atoms with Gasteiger partial charge in [-0.15, -0.1) is 0 Å². The zero-order chi connectivity index (χ0) is 13.1. The molecule has 1 aromatic rings. The molecule has 0 saturated carbocycles. The molecule has 1 aliphatic rings. The van der Waals surface area contributed by atoms with Crippen LogP contribution in [0, 0.1) is 12.8 Å². The van der Waals surface area contributed by atoms with E-state index in [4.69, 9.17) is 4.42 Å². The van der Waals surface area contributed by atoms with Gasteiger partial charge in [0.15, 0.2) is 5.76 Å². The fourth-order valence-corrected chi connectivity index (χ4v) is 2.46. The van der Waals surface area contributed by atoms with Crippen molar-refractivity contribution in [3.63, 3.8) is 0 Å². The number of carbonyl (C=O) groups is 1. The standard InChI is InChI=1S/C13H19BrN2O2/c1-3-10-7-15-4-5-16(8-10)13(17)12-6-11(14)9(2)18-12/h6,10,15H,3-5,7-8H2,1-2H3. The Hall–Kier alpha value is -0.810. The third-order valence-electron chi connectivity index (χ3n) is 3.40. The summed E-state index contributed by atoms with van der Waals surface area (Å²) < 4.78 is 6.33. The van der Waals surface area contributed by atoms with Crippen LogP contribution in [-0.2, 0) is 0 Å². The highest BCUT2D eigenvalue weighted by molar-refractivity contribution is 9.10. The fourth-order valence-electron chi connectivity index (χ4n) is 2.17. The summed E-state index contributed by atoms with van der Waals surface area (Å²) in [7, 11) is 0. The zero-order valence-corrected chi connectivity index (χ0v) is 12.4. The van der Waals surface area contributed by atoms with Crippen molar-refractivity contribution in [1.82, 2.24) is 10.2 Å². The van der Waals surface area contributed by atoms with Gasteiger partial charge in [-0.25, -0.2) is 0 Å². The highest BCUT2D eigenvalue weighted by Crippen LogP contribution is 2.22. The Morgan fingerprint density at radius 3 is 3.06 bits per heavy atom. The van der Waals surface area contributed by atoms with Crippen LogP contribution in [0.2, 0.25) is 0 Å². The largest absolute Gasteiger partial charge is 0.455 e. The lowest BCUT2D eigenvalue weighted by Gasteiger charge is -2.22. The van der Waals surface area contributed by atoms with Crippen molar-refractivity contribution in [2.45, 2.75) is 20.3 Å². The number of furan rings is 1. The molecular weight excluding hydrogens is 296 g/mol. The van der Waals surface area contributed by atoms with Gasteiger partial charge in [0.25, 0.3) is 5.91 Å². The van der Waals surface area contributed by atoms with Crippen LogP contribution in [0.25, 0.3) is 0 Å². The smallest absolute Gasteiger partial charge is 0.289 e. The Morgan fingerprint density at radius 2 is 2.44 bits per heavy atom. The summed E-state index contributed by atoms with van der Waals surface area (Å²) in [6.45, 7) is 7.39. The number of carbonyl (C=O) groups excluding carboxylic acids is 1. The fraction of sp³-hybridized carbons (Fsp3) is 0.615. The molecule has 0 radical (unpaired) electrons. The van der Waals surface area contributed by atoms with E-state index in [-0.39, 0.29) is 5.91 Å². The molecule has 1 N–H and O–H groups in total. The lowest BCUT2D eigenvalue weighted by molar-refractivity contribution is 0.0713. The van der Waals surface area contributed by atoms with Crippen molar-refractivity contribution in [3.8, 4) is 0 Å². The van der Waals surface area contributed by atoms with E-state index < -0.39 is 0 Å². The molecule has 2 rings (SSSR count). The minimum absolute atomic E-state index is 0.00838. The molecule has 1 atom stereocenters. The number of rotatable bonds is 2. The van der Waals surface area contributed by atoms with Crippen LogP contribution < -0.4 is 5.32 Å². The number of halogens is 1. The molecule has 0 aliphatic carbocycles. The van der Waals surface area contributed by atoms with Crippen LogP contribution >= 0.6 is 15.9 Å². The first kappa shape index (κ1) is 13.6. The van der Waals surface area contributed by atoms with Crippen molar-refractivity contribution < 1.29 is 9.21 Å². The van der Waals surface area contributed by atoms with Crippen LogP contribution in [0.5, 0.6) is 0 Å². The van der Waals surface area contributed by atoms with Crippen molar-refractivity contribution >= 4 is 21.8 Å². The summed E-state index contributed by atoms with van der Waals surface area (Å²) >= 11 is 3.37. The van der Waals surface area contributed by atoms with Gasteiger partial charge in [-0.05, 0) is 35.3 Å². The number of nitrogens with zero attached hydrogens (tertiary/aromatic N) is 1. The van der Waals surface area contributed by atoms with Crippen molar-refractivity contribution in [2.24, 2.45) is 5.92 Å². The molecular formula is C13H19BrN2O2. The SMILES string of the molecule is CCC1CNCCN(C(=O)c2cc(Br)c(C)o2)C1. The quantitative estimate of drug-likeness (QED) is 0.912. The van der Waals surface area contributed by atoms with E-state index in [9.17, 15) is 4.79 Å². The summed E-state index contributed by atoms with van der Waals surface area (Å²) in [6.07, 6.45) is 1.08. The Kier molecular flexibility index (Phi) is 4.45. The Balaban J connectivity index is 2.11. The molecule has 0 spiro atoms. The first-order chi connectivity index (χ1) is 8.61. The van der Waals surface area contributed by atoms with Crippen LogP contribution in [0.15, 0.2) is 15.0 Å². The van der Waals surface area contributed by atoms with Crippen molar-refractivity contribution in [1.29, 1.82) is 0 Å². The first-order valence-electron chi connectivity index (χ1n) is 6.37. The second-order valence-electron chi connectivity index (χ2n) is 4.74. The monoisotopic (exact) mass is 314 g/mol. The van der Waals surface area contributed by atoms with Crippen LogP contribution in [0.3, 0.4) is 0 Å². The molecule has 0 aromatic carbocycles. The molecule has 1 saturated heterocycles. The van der Waals surface area contributed by atoms with Crippen molar-refractivity contribution in [3.05, 3.63) is 22.1 Å². The van der Waals surface area contributed by atoms with Crippen LogP contribution in [-0.4, -0.2) is 37.0 Å². The number of hydrogen-bond acceptors (Lipinski definition) is 3. The van der Waals surface area contributed by atoms with Crippen molar-refractivity contribution in [2.75, 3.05) is 26.2 Å². The maximum atomic E-state index is 12.4. The van der Waals surface area contributed by atoms with E-state index in [1.165, 1.54) is 0 Å². The predicted molar refractivity (Wildman–Crippen MR) is 73.7 cm³/mol. The van der Waals surface area contributed by atoms with E-state index in [0.717, 1.165) is 42.8 Å². The molecule has 1 amide bonds. The van der Waals surface area contributed by atoms with Gasteiger partial charge in [0.2, 0.25) is 0 Å². The van der Waals surface area contributed by atoms with E-state index in [0.29, 0.717) is 11.7 Å². The molecule has 4 nitrogen and oxygen atoms in total. The second-order valence-corrected chi connectivity index (χ2v) is 5.60. The minimum Gasteiger partial charge on any atom is -0.455 e. The van der Waals surface area contributed by atoms with Gasteiger partial charge >= 0.3 is 0 Å². The molecule has 100 valence electrons. The molecule has 5 heteroatoms. The number of amides is 1.